The van der Waals surface area contributed by atoms with Crippen molar-refractivity contribution < 1.29 is 0 Å². The summed E-state index contributed by atoms with van der Waals surface area (Å²) in [4.78, 5) is 0. The van der Waals surface area contributed by atoms with Crippen LogP contribution in [-0.4, -0.2) is 7.85 Å². The van der Waals surface area contributed by atoms with Crippen LogP contribution in [0.2, 0.25) is 6.32 Å². The monoisotopic (exact) mass is 236 g/mol. The molecule has 0 unspecified atom stereocenters. The fourth-order valence-corrected chi connectivity index (χ4v) is 3.12. The van der Waals surface area contributed by atoms with Crippen molar-refractivity contribution in [3.63, 3.8) is 0 Å². The van der Waals surface area contributed by atoms with Crippen molar-refractivity contribution in [3.8, 4) is 0 Å². The van der Waals surface area contributed by atoms with Crippen LogP contribution in [0.1, 0.15) is 25.0 Å². The lowest BCUT2D eigenvalue weighted by Crippen LogP contribution is -2.33. The molecule has 0 radical (unpaired) electrons. The van der Waals surface area contributed by atoms with E-state index in [9.17, 15) is 0 Å². The summed E-state index contributed by atoms with van der Waals surface area (Å²) in [5.41, 5.74) is 2.98. The van der Waals surface area contributed by atoms with Gasteiger partial charge in [0.1, 0.15) is 7.85 Å². The van der Waals surface area contributed by atoms with E-state index in [0.29, 0.717) is 5.92 Å². The van der Waals surface area contributed by atoms with Gasteiger partial charge in [-0.2, -0.15) is 0 Å². The fourth-order valence-electron chi connectivity index (χ4n) is 3.12. The zero-order valence-corrected chi connectivity index (χ0v) is 11.6. The third kappa shape index (κ3) is 2.10. The molecule has 0 aliphatic heterocycles. The minimum absolute atomic E-state index is 0.128. The summed E-state index contributed by atoms with van der Waals surface area (Å²) in [6.45, 7) is 4.65. The highest BCUT2D eigenvalue weighted by Crippen LogP contribution is 2.41. The topological polar surface area (TPSA) is 0 Å². The molecule has 18 heavy (non-hydrogen) atoms. The molecular weight excluding hydrogens is 215 g/mol. The first-order valence-electron chi connectivity index (χ1n) is 6.83. The average Bonchev–Trinajstić information content (AvgIpc) is 2.42. The average molecular weight is 236 g/mol. The molecule has 2 aromatic rings. The third-order valence-electron chi connectivity index (χ3n) is 4.12. The number of rotatable bonds is 4. The zero-order chi connectivity index (χ0) is 13.0. The van der Waals surface area contributed by atoms with Crippen LogP contribution in [0.3, 0.4) is 0 Å². The molecule has 0 atom stereocenters. The minimum atomic E-state index is 0.128. The number of hydrogen-bond donors (Lipinski definition) is 0. The van der Waals surface area contributed by atoms with Gasteiger partial charge in [0.15, 0.2) is 0 Å². The van der Waals surface area contributed by atoms with Crippen molar-refractivity contribution in [1.82, 2.24) is 0 Å². The molecule has 0 heterocycles. The highest BCUT2D eigenvalue weighted by Gasteiger charge is 2.35. The van der Waals surface area contributed by atoms with Gasteiger partial charge in [-0.15, -0.1) is 0 Å². The second kappa shape index (κ2) is 5.43. The molecule has 0 nitrogen and oxygen atoms in total. The van der Waals surface area contributed by atoms with Crippen molar-refractivity contribution in [2.45, 2.75) is 25.6 Å². The molecule has 0 aliphatic carbocycles. The predicted octanol–water partition coefficient (Wildman–Crippen LogP) is 3.68. The highest BCUT2D eigenvalue weighted by atomic mass is 14.4. The Balaban J connectivity index is 2.61. The Morgan fingerprint density at radius 1 is 0.833 bits per heavy atom. The van der Waals surface area contributed by atoms with Crippen molar-refractivity contribution in [1.29, 1.82) is 0 Å². The van der Waals surface area contributed by atoms with Gasteiger partial charge in [-0.3, -0.25) is 0 Å². The maximum atomic E-state index is 2.32. The molecule has 0 saturated heterocycles. The Hall–Kier alpha value is -1.50. The van der Waals surface area contributed by atoms with Gasteiger partial charge in [0, 0.05) is 5.41 Å². The molecule has 0 spiro atoms. The van der Waals surface area contributed by atoms with E-state index < -0.39 is 0 Å². The van der Waals surface area contributed by atoms with E-state index in [1.54, 1.807) is 0 Å². The van der Waals surface area contributed by atoms with E-state index in [-0.39, 0.29) is 5.41 Å². The molecule has 2 rings (SSSR count). The molecule has 0 fully saturated rings. The van der Waals surface area contributed by atoms with Gasteiger partial charge in [-0.1, -0.05) is 80.8 Å². The standard InChI is InChI=1S/C17H21B/c1-14(2)17(13-18,15-9-5-3-6-10-15)16-11-7-4-8-12-16/h3-12,14H,13,18H2,1-2H3. The molecule has 0 saturated carbocycles. The first-order valence-corrected chi connectivity index (χ1v) is 6.83. The Labute approximate surface area is 111 Å². The summed E-state index contributed by atoms with van der Waals surface area (Å²) in [5.74, 6) is 0.576. The Kier molecular flexibility index (Phi) is 3.91. The summed E-state index contributed by atoms with van der Waals surface area (Å²) in [6.07, 6.45) is 1.12. The molecular formula is C17H21B. The first-order chi connectivity index (χ1) is 8.71. The van der Waals surface area contributed by atoms with E-state index in [1.165, 1.54) is 11.1 Å². The van der Waals surface area contributed by atoms with Crippen molar-refractivity contribution in [3.05, 3.63) is 71.8 Å². The lowest BCUT2D eigenvalue weighted by molar-refractivity contribution is 0.405. The van der Waals surface area contributed by atoms with Gasteiger partial charge >= 0.3 is 0 Å². The lowest BCUT2D eigenvalue weighted by atomic mass is 9.61. The molecule has 2 aromatic carbocycles. The minimum Gasteiger partial charge on any atom is -0.0672 e. The zero-order valence-electron chi connectivity index (χ0n) is 11.6. The molecule has 0 aromatic heterocycles. The summed E-state index contributed by atoms with van der Waals surface area (Å²) in [6, 6.07) is 21.8. The second-order valence-corrected chi connectivity index (χ2v) is 5.21. The van der Waals surface area contributed by atoms with E-state index in [4.69, 9.17) is 0 Å². The second-order valence-electron chi connectivity index (χ2n) is 5.21. The smallest absolute Gasteiger partial charge is 0.0672 e. The lowest BCUT2D eigenvalue weighted by Gasteiger charge is -2.38. The molecule has 0 bridgehead atoms. The third-order valence-corrected chi connectivity index (χ3v) is 4.12. The van der Waals surface area contributed by atoms with Crippen LogP contribution < -0.4 is 0 Å². The van der Waals surface area contributed by atoms with Crippen LogP contribution in [0.4, 0.5) is 0 Å². The maximum Gasteiger partial charge on any atom is 0.102 e. The van der Waals surface area contributed by atoms with Crippen LogP contribution in [0.5, 0.6) is 0 Å². The molecule has 92 valence electrons. The van der Waals surface area contributed by atoms with Gasteiger partial charge in [0.25, 0.3) is 0 Å². The van der Waals surface area contributed by atoms with E-state index in [0.717, 1.165) is 6.32 Å². The number of hydrogen-bond acceptors (Lipinski definition) is 0. The normalized spacial score (nSPS) is 11.7. The largest absolute Gasteiger partial charge is 0.102 e. The Morgan fingerprint density at radius 2 is 1.22 bits per heavy atom. The quantitative estimate of drug-likeness (QED) is 0.710. The molecule has 0 aliphatic rings. The highest BCUT2D eigenvalue weighted by molar-refractivity contribution is 6.09. The SMILES string of the molecule is BCC(c1ccccc1)(c1ccccc1)C(C)C. The number of benzene rings is 2. The van der Waals surface area contributed by atoms with Crippen molar-refractivity contribution in [2.75, 3.05) is 0 Å². The van der Waals surface area contributed by atoms with Crippen LogP contribution in [-0.2, 0) is 5.41 Å². The predicted molar refractivity (Wildman–Crippen MR) is 81.9 cm³/mol. The maximum absolute atomic E-state index is 2.32. The Bertz CT molecular complexity index is 434. The summed E-state index contributed by atoms with van der Waals surface area (Å²) >= 11 is 0. The van der Waals surface area contributed by atoms with Crippen molar-refractivity contribution >= 4 is 7.85 Å². The van der Waals surface area contributed by atoms with E-state index in [2.05, 4.69) is 82.4 Å². The van der Waals surface area contributed by atoms with Gasteiger partial charge < -0.3 is 0 Å². The fraction of sp³-hybridized carbons (Fsp3) is 0.294. The van der Waals surface area contributed by atoms with Gasteiger partial charge in [0.2, 0.25) is 0 Å². The van der Waals surface area contributed by atoms with E-state index >= 15 is 0 Å². The van der Waals surface area contributed by atoms with Gasteiger partial charge in [-0.25, -0.2) is 0 Å². The van der Waals surface area contributed by atoms with Crippen LogP contribution in [0.25, 0.3) is 0 Å². The van der Waals surface area contributed by atoms with Gasteiger partial charge in [0.05, 0.1) is 0 Å². The molecule has 0 amide bonds. The van der Waals surface area contributed by atoms with Gasteiger partial charge in [-0.05, 0) is 17.0 Å². The molecule has 1 heteroatoms. The summed E-state index contributed by atoms with van der Waals surface area (Å²) < 4.78 is 0. The van der Waals surface area contributed by atoms with Crippen LogP contribution in [0.15, 0.2) is 60.7 Å². The Morgan fingerprint density at radius 3 is 1.50 bits per heavy atom. The summed E-state index contributed by atoms with van der Waals surface area (Å²) in [5, 5.41) is 0. The summed E-state index contributed by atoms with van der Waals surface area (Å²) in [7, 11) is 2.29. The van der Waals surface area contributed by atoms with Crippen molar-refractivity contribution in [2.24, 2.45) is 5.92 Å². The van der Waals surface area contributed by atoms with Crippen LogP contribution in [0, 0.1) is 5.92 Å². The van der Waals surface area contributed by atoms with Crippen LogP contribution >= 0.6 is 0 Å². The van der Waals surface area contributed by atoms with E-state index in [1.807, 2.05) is 0 Å². The first kappa shape index (κ1) is 12.9. The molecule has 0 N–H and O–H groups in total.